The van der Waals surface area contributed by atoms with E-state index >= 15 is 0 Å². The van der Waals surface area contributed by atoms with Crippen molar-refractivity contribution in [3.63, 3.8) is 0 Å². The molecule has 0 bridgehead atoms. The van der Waals surface area contributed by atoms with Crippen molar-refractivity contribution in [1.29, 1.82) is 0 Å². The lowest BCUT2D eigenvalue weighted by molar-refractivity contribution is -0.114. The van der Waals surface area contributed by atoms with E-state index in [9.17, 15) is 9.59 Å². The van der Waals surface area contributed by atoms with Gasteiger partial charge in [-0.1, -0.05) is 18.2 Å². The second-order valence-electron chi connectivity index (χ2n) is 7.58. The number of urea groups is 1. The number of amides is 3. The van der Waals surface area contributed by atoms with Crippen LogP contribution >= 0.6 is 0 Å². The molecule has 0 fully saturated rings. The van der Waals surface area contributed by atoms with Gasteiger partial charge in [0, 0.05) is 25.3 Å². The van der Waals surface area contributed by atoms with Gasteiger partial charge >= 0.3 is 12.1 Å². The Bertz CT molecular complexity index is 1290. The first-order chi connectivity index (χ1) is 16.6. The van der Waals surface area contributed by atoms with Gasteiger partial charge < -0.3 is 19.7 Å². The highest BCUT2D eigenvalue weighted by atomic mass is 16.5. The smallest absolute Gasteiger partial charge is 0.348 e. The summed E-state index contributed by atoms with van der Waals surface area (Å²) in [4.78, 5) is 36.7. The van der Waals surface area contributed by atoms with Crippen LogP contribution in [-0.4, -0.2) is 62.7 Å². The lowest BCUT2D eigenvalue weighted by atomic mass is 10.2. The second-order valence-corrected chi connectivity index (χ2v) is 7.58. The summed E-state index contributed by atoms with van der Waals surface area (Å²) in [6, 6.07) is 14.3. The van der Waals surface area contributed by atoms with E-state index in [2.05, 4.69) is 20.4 Å². The van der Waals surface area contributed by atoms with Gasteiger partial charge in [-0.3, -0.25) is 9.69 Å². The molecule has 1 aromatic heterocycles. The maximum atomic E-state index is 12.8. The van der Waals surface area contributed by atoms with Gasteiger partial charge in [0.15, 0.2) is 0 Å². The molecule has 0 unspecified atom stereocenters. The van der Waals surface area contributed by atoms with Crippen LogP contribution < -0.4 is 10.1 Å². The lowest BCUT2D eigenvalue weighted by Gasteiger charge is -2.19. The van der Waals surface area contributed by atoms with Crippen LogP contribution in [0.25, 0.3) is 5.69 Å². The normalized spacial score (nSPS) is 15.1. The fraction of sp³-hybridized carbons (Fsp3) is 0.174. The summed E-state index contributed by atoms with van der Waals surface area (Å²) >= 11 is 0. The van der Waals surface area contributed by atoms with Crippen LogP contribution in [0.1, 0.15) is 5.56 Å². The van der Waals surface area contributed by atoms with Crippen LogP contribution in [0, 0.1) is 0 Å². The summed E-state index contributed by atoms with van der Waals surface area (Å²) in [7, 11) is 1.60. The zero-order valence-corrected chi connectivity index (χ0v) is 18.3. The Kier molecular flexibility index (Phi) is 5.65. The van der Waals surface area contributed by atoms with E-state index in [4.69, 9.17) is 9.47 Å². The molecule has 2 aromatic carbocycles. The SMILES string of the molecule is COc1cccc(CN2CCN3C=C(C(=O)Nc4cccc(-n5cncn5)c4)OC3=NC2=O)c1. The molecule has 1 N–H and O–H groups in total. The highest BCUT2D eigenvalue weighted by molar-refractivity contribution is 6.06. The summed E-state index contributed by atoms with van der Waals surface area (Å²) in [6.07, 6.45) is 4.55. The first kappa shape index (κ1) is 21.2. The summed E-state index contributed by atoms with van der Waals surface area (Å²) in [6.45, 7) is 1.24. The lowest BCUT2D eigenvalue weighted by Crippen LogP contribution is -2.31. The van der Waals surface area contributed by atoms with Gasteiger partial charge in [0.2, 0.25) is 5.76 Å². The number of nitrogens with one attached hydrogen (secondary N) is 1. The molecule has 34 heavy (non-hydrogen) atoms. The number of aromatic nitrogens is 3. The number of amidine groups is 1. The van der Waals surface area contributed by atoms with E-state index in [0.717, 1.165) is 17.0 Å². The largest absolute Gasteiger partial charge is 0.497 e. The molecule has 2 aliphatic rings. The number of rotatable bonds is 6. The second kappa shape index (κ2) is 9.06. The van der Waals surface area contributed by atoms with Crippen molar-refractivity contribution >= 4 is 23.6 Å². The topological polar surface area (TPSA) is 114 Å². The Morgan fingerprint density at radius 1 is 1.18 bits per heavy atom. The molecule has 3 aromatic rings. The predicted octanol–water partition coefficient (Wildman–Crippen LogP) is 2.38. The molecular formula is C23H21N7O4. The number of nitrogens with zero attached hydrogens (tertiary/aromatic N) is 6. The van der Waals surface area contributed by atoms with Crippen LogP contribution in [0.15, 0.2) is 78.1 Å². The molecule has 3 amide bonds. The first-order valence-electron chi connectivity index (χ1n) is 10.5. The molecule has 0 aliphatic carbocycles. The molecule has 0 saturated heterocycles. The molecule has 0 saturated carbocycles. The van der Waals surface area contributed by atoms with Crippen molar-refractivity contribution in [2.45, 2.75) is 6.54 Å². The zero-order valence-electron chi connectivity index (χ0n) is 18.3. The standard InChI is InChI=1S/C23H21N7O4/c1-33-19-7-2-4-16(10-19)12-28-8-9-29-13-20(34-23(29)27-22(28)32)21(31)26-17-5-3-6-18(11-17)30-15-24-14-25-30/h2-7,10-11,13-15H,8-9,12H2,1H3,(H,26,31). The maximum Gasteiger partial charge on any atom is 0.348 e. The van der Waals surface area contributed by atoms with Crippen LogP contribution in [-0.2, 0) is 16.1 Å². The van der Waals surface area contributed by atoms with Crippen molar-refractivity contribution < 1.29 is 19.1 Å². The first-order valence-corrected chi connectivity index (χ1v) is 10.5. The monoisotopic (exact) mass is 459 g/mol. The average Bonchev–Trinajstić information content (AvgIpc) is 3.50. The van der Waals surface area contributed by atoms with Crippen molar-refractivity contribution in [3.05, 3.63) is 78.7 Å². The number of fused-ring (bicyclic) bond motifs is 1. The van der Waals surface area contributed by atoms with E-state index < -0.39 is 11.9 Å². The van der Waals surface area contributed by atoms with Gasteiger partial charge in [0.1, 0.15) is 18.4 Å². The number of carbonyl (C=O) groups is 2. The minimum Gasteiger partial charge on any atom is -0.497 e. The van der Waals surface area contributed by atoms with Crippen molar-refractivity contribution in [2.24, 2.45) is 4.99 Å². The summed E-state index contributed by atoms with van der Waals surface area (Å²) in [5.41, 5.74) is 2.24. The minimum atomic E-state index is -0.452. The van der Waals surface area contributed by atoms with Crippen LogP contribution in [0.4, 0.5) is 10.5 Å². The minimum absolute atomic E-state index is 0.0546. The van der Waals surface area contributed by atoms with Crippen LogP contribution in [0.2, 0.25) is 0 Å². The quantitative estimate of drug-likeness (QED) is 0.602. The molecule has 5 rings (SSSR count). The Morgan fingerprint density at radius 2 is 2.06 bits per heavy atom. The van der Waals surface area contributed by atoms with Gasteiger partial charge in [0.05, 0.1) is 19.0 Å². The third-order valence-corrected chi connectivity index (χ3v) is 5.31. The van der Waals surface area contributed by atoms with E-state index in [1.165, 1.54) is 6.33 Å². The van der Waals surface area contributed by atoms with Gasteiger partial charge in [0.25, 0.3) is 5.91 Å². The van der Waals surface area contributed by atoms with Crippen LogP contribution in [0.5, 0.6) is 5.75 Å². The van der Waals surface area contributed by atoms with Crippen molar-refractivity contribution in [3.8, 4) is 11.4 Å². The Balaban J connectivity index is 1.24. The number of aliphatic imine (C=N–C) groups is 1. The summed E-state index contributed by atoms with van der Waals surface area (Å²) in [5, 5.41) is 6.87. The fourth-order valence-corrected chi connectivity index (χ4v) is 3.61. The van der Waals surface area contributed by atoms with Crippen LogP contribution in [0.3, 0.4) is 0 Å². The van der Waals surface area contributed by atoms with E-state index in [1.54, 1.807) is 52.3 Å². The number of methoxy groups -OCH3 is 1. The molecule has 2 aliphatic heterocycles. The Morgan fingerprint density at radius 3 is 2.88 bits per heavy atom. The third kappa shape index (κ3) is 4.44. The highest BCUT2D eigenvalue weighted by Crippen LogP contribution is 2.21. The number of hydrogen-bond donors (Lipinski definition) is 1. The van der Waals surface area contributed by atoms with Gasteiger partial charge in [-0.2, -0.15) is 5.10 Å². The molecule has 0 atom stereocenters. The molecule has 172 valence electrons. The van der Waals surface area contributed by atoms with E-state index in [0.29, 0.717) is 25.3 Å². The number of ether oxygens (including phenoxy) is 2. The Hall–Kier alpha value is -4.67. The predicted molar refractivity (Wildman–Crippen MR) is 122 cm³/mol. The maximum absolute atomic E-state index is 12.8. The molecule has 3 heterocycles. The van der Waals surface area contributed by atoms with Crippen molar-refractivity contribution in [2.75, 3.05) is 25.5 Å². The number of anilines is 1. The van der Waals surface area contributed by atoms with Gasteiger partial charge in [-0.15, -0.1) is 4.99 Å². The number of benzene rings is 2. The summed E-state index contributed by atoms with van der Waals surface area (Å²) in [5.74, 6) is 0.326. The summed E-state index contributed by atoms with van der Waals surface area (Å²) < 4.78 is 12.4. The fourth-order valence-electron chi connectivity index (χ4n) is 3.61. The van der Waals surface area contributed by atoms with E-state index in [1.807, 2.05) is 30.3 Å². The molecule has 11 heteroatoms. The molecular weight excluding hydrogens is 438 g/mol. The number of hydrogen-bond acceptors (Lipinski definition) is 7. The van der Waals surface area contributed by atoms with E-state index in [-0.39, 0.29) is 11.8 Å². The van der Waals surface area contributed by atoms with Gasteiger partial charge in [-0.05, 0) is 35.9 Å². The zero-order chi connectivity index (χ0) is 23.5. The molecule has 0 spiro atoms. The van der Waals surface area contributed by atoms with Crippen molar-refractivity contribution in [1.82, 2.24) is 24.6 Å². The molecule has 11 nitrogen and oxygen atoms in total. The highest BCUT2D eigenvalue weighted by Gasteiger charge is 2.31. The molecule has 0 radical (unpaired) electrons. The Labute approximate surface area is 194 Å². The average molecular weight is 459 g/mol. The third-order valence-electron chi connectivity index (χ3n) is 5.31. The van der Waals surface area contributed by atoms with Gasteiger partial charge in [-0.25, -0.2) is 14.5 Å². The number of carbonyl (C=O) groups excluding carboxylic acids is 2.